The third kappa shape index (κ3) is 4.53. The highest BCUT2D eigenvalue weighted by atomic mass is 16.5. The molecule has 0 heterocycles. The van der Waals surface area contributed by atoms with E-state index in [0.29, 0.717) is 74.5 Å². The summed E-state index contributed by atoms with van der Waals surface area (Å²) in [5.41, 5.74) is -2.12. The van der Waals surface area contributed by atoms with Crippen molar-refractivity contribution < 1.29 is 53.2 Å². The number of aliphatic hydroxyl groups excluding tert-OH is 1. The molecule has 13 atom stereocenters. The van der Waals surface area contributed by atoms with Crippen molar-refractivity contribution in [3.05, 3.63) is 58.3 Å². The van der Waals surface area contributed by atoms with E-state index < -0.39 is 62.0 Å². The minimum Gasteiger partial charge on any atom is -0.504 e. The van der Waals surface area contributed by atoms with Gasteiger partial charge in [-0.3, -0.25) is 28.8 Å². The van der Waals surface area contributed by atoms with E-state index in [9.17, 15) is 39.0 Å². The average Bonchev–Trinajstić information content (AvgIpc) is 4.02. The van der Waals surface area contributed by atoms with Crippen LogP contribution in [-0.2, 0) is 43.0 Å². The zero-order chi connectivity index (χ0) is 41.3. The number of hydrogen-bond acceptors (Lipinski definition) is 10. The summed E-state index contributed by atoms with van der Waals surface area (Å²) in [6.45, 7) is 19.9. The number of methoxy groups -OCH3 is 1. The number of Topliss-reactive ketones (excluding diaryl/α,β-unsaturated/α-hetero) is 3. The van der Waals surface area contributed by atoms with Crippen LogP contribution in [0.2, 0.25) is 0 Å². The molecular formula is C46H54O11. The van der Waals surface area contributed by atoms with Gasteiger partial charge in [0.2, 0.25) is 17.3 Å². The first-order valence-electron chi connectivity index (χ1n) is 20.6. The van der Waals surface area contributed by atoms with Gasteiger partial charge >= 0.3 is 17.9 Å². The summed E-state index contributed by atoms with van der Waals surface area (Å²) >= 11 is 0. The second-order valence-electron chi connectivity index (χ2n) is 20.8. The minimum absolute atomic E-state index is 0.0188. The lowest BCUT2D eigenvalue weighted by Crippen LogP contribution is -2.34. The molecule has 0 aromatic rings. The zero-order valence-electron chi connectivity index (χ0n) is 34.1. The molecule has 0 amide bonds. The molecule has 0 aromatic heterocycles. The van der Waals surface area contributed by atoms with Gasteiger partial charge in [-0.2, -0.15) is 0 Å². The summed E-state index contributed by atoms with van der Waals surface area (Å²) in [5, 5.41) is 20.7. The van der Waals surface area contributed by atoms with Crippen LogP contribution in [0, 0.1) is 73.9 Å². The Labute approximate surface area is 333 Å². The lowest BCUT2D eigenvalue weighted by atomic mass is 9.69. The molecule has 0 aliphatic heterocycles. The monoisotopic (exact) mass is 782 g/mol. The summed E-state index contributed by atoms with van der Waals surface area (Å²) in [6.07, 6.45) is 4.25. The topological polar surface area (TPSA) is 171 Å². The smallest absolute Gasteiger partial charge is 0.317 e. The number of hydrogen-bond donors (Lipinski definition) is 2. The van der Waals surface area contributed by atoms with E-state index in [2.05, 4.69) is 13.2 Å². The molecule has 304 valence electrons. The number of fused-ring (bicyclic) bond motifs is 9. The Morgan fingerprint density at radius 1 is 0.684 bits per heavy atom. The van der Waals surface area contributed by atoms with E-state index in [1.807, 2.05) is 34.6 Å². The van der Waals surface area contributed by atoms with E-state index in [1.165, 1.54) is 7.11 Å². The third-order valence-electron chi connectivity index (χ3n) is 18.0. The van der Waals surface area contributed by atoms with Crippen LogP contribution in [0.3, 0.4) is 0 Å². The van der Waals surface area contributed by atoms with Gasteiger partial charge in [-0.15, -0.1) is 0 Å². The summed E-state index contributed by atoms with van der Waals surface area (Å²) in [4.78, 5) is 81.2. The number of ketones is 3. The quantitative estimate of drug-likeness (QED) is 0.203. The standard InChI is InChI=1S/C46H54O11/c1-20-32(47)36(26-11-23-13-41(3,38(51)52)16-28(23)44(20,26)6)56-39(53)42(4)15-24-12-27-37(33(48)21(2)45(27,7)29(24)17-42)57-40(54)43(5)14-22-10-25-34(49)35(50)31(19-55-9)46(25,8)30(22)18-43/h22-25,28-30,50H,1-2,10-19H2,3-9H3,(H,51,52)/t22-,23+,24-,25-,28-,29+,30+,41-,42-,43+,44-,45+,46+/m0/s1. The van der Waals surface area contributed by atoms with Crippen molar-refractivity contribution in [2.75, 3.05) is 13.7 Å². The van der Waals surface area contributed by atoms with Crippen molar-refractivity contribution in [2.24, 2.45) is 73.9 Å². The Bertz CT molecular complexity index is 2170. The molecule has 0 radical (unpaired) electrons. The normalized spacial score (nSPS) is 46.6. The van der Waals surface area contributed by atoms with Crippen molar-refractivity contribution in [1.82, 2.24) is 0 Å². The molecule has 2 N–H and O–H groups in total. The SMILES string of the molecule is C=C1C(=O)C(OC(=O)[C@]2(C)C[C@@H]3C[C@H]4C(=O)C(O)=C(COC)[C@@]4(C)[C@@H]3C2)=C2C[C@H]3C[C@](C)(C(=O)OC4=C5C[C@@H]6C[C@](C)(C(=O)O)C[C@@H]6[C@@]5(C)C(=C)C4=O)C[C@H]3[C@]12C. The van der Waals surface area contributed by atoms with E-state index in [0.717, 1.165) is 11.1 Å². The Kier molecular flexibility index (Phi) is 7.77. The summed E-state index contributed by atoms with van der Waals surface area (Å²) in [6, 6.07) is 0. The van der Waals surface area contributed by atoms with Gasteiger partial charge in [-0.1, -0.05) is 33.9 Å². The number of aliphatic carboxylic acids is 1. The number of carboxylic acids is 1. The van der Waals surface area contributed by atoms with Crippen molar-refractivity contribution >= 4 is 35.3 Å². The lowest BCUT2D eigenvalue weighted by Gasteiger charge is -2.34. The largest absolute Gasteiger partial charge is 0.504 e. The van der Waals surface area contributed by atoms with Crippen LogP contribution in [0.15, 0.2) is 58.3 Å². The number of carboxylic acid groups (broad SMARTS) is 1. The maximum absolute atomic E-state index is 14.2. The number of allylic oxidation sites excluding steroid dienone is 5. The predicted octanol–water partition coefficient (Wildman–Crippen LogP) is 6.93. The van der Waals surface area contributed by atoms with Crippen LogP contribution in [-0.4, -0.2) is 59.2 Å². The van der Waals surface area contributed by atoms with Crippen molar-refractivity contribution in [1.29, 1.82) is 0 Å². The fourth-order valence-corrected chi connectivity index (χ4v) is 14.7. The molecule has 6 saturated carbocycles. The van der Waals surface area contributed by atoms with Crippen molar-refractivity contribution in [2.45, 2.75) is 99.3 Å². The Hall–Kier alpha value is -4.12. The van der Waals surface area contributed by atoms with Gasteiger partial charge in [0.05, 0.1) is 22.9 Å². The molecule has 9 aliphatic rings. The van der Waals surface area contributed by atoms with E-state index >= 15 is 0 Å². The molecule has 11 nitrogen and oxygen atoms in total. The van der Waals surface area contributed by atoms with E-state index in [1.54, 1.807) is 6.92 Å². The third-order valence-corrected chi connectivity index (χ3v) is 18.0. The average molecular weight is 783 g/mol. The molecule has 0 unspecified atom stereocenters. The van der Waals surface area contributed by atoms with Gasteiger partial charge in [-0.05, 0) is 125 Å². The molecule has 9 aliphatic carbocycles. The molecule has 0 spiro atoms. The summed E-state index contributed by atoms with van der Waals surface area (Å²) in [7, 11) is 1.53. The van der Waals surface area contributed by atoms with Gasteiger partial charge in [0.15, 0.2) is 17.3 Å². The second kappa shape index (κ2) is 11.5. The van der Waals surface area contributed by atoms with Gasteiger partial charge in [-0.25, -0.2) is 0 Å². The maximum Gasteiger partial charge on any atom is 0.317 e. The number of ether oxygens (including phenoxy) is 3. The predicted molar refractivity (Wildman–Crippen MR) is 203 cm³/mol. The highest BCUT2D eigenvalue weighted by Gasteiger charge is 2.69. The van der Waals surface area contributed by atoms with Crippen LogP contribution in [0.1, 0.15) is 99.3 Å². The first-order valence-corrected chi connectivity index (χ1v) is 20.6. The Morgan fingerprint density at radius 3 is 1.60 bits per heavy atom. The van der Waals surface area contributed by atoms with Gasteiger partial charge in [0.25, 0.3) is 0 Å². The van der Waals surface area contributed by atoms with Gasteiger partial charge in [0, 0.05) is 46.0 Å². The highest BCUT2D eigenvalue weighted by Crippen LogP contribution is 2.71. The second-order valence-corrected chi connectivity index (χ2v) is 20.8. The van der Waals surface area contributed by atoms with Crippen molar-refractivity contribution in [3.8, 4) is 0 Å². The van der Waals surface area contributed by atoms with Crippen LogP contribution in [0.4, 0.5) is 0 Å². The van der Waals surface area contributed by atoms with Gasteiger partial charge < -0.3 is 24.4 Å². The first-order chi connectivity index (χ1) is 26.5. The molecule has 57 heavy (non-hydrogen) atoms. The number of esters is 2. The molecule has 11 heteroatoms. The maximum atomic E-state index is 14.2. The van der Waals surface area contributed by atoms with Crippen LogP contribution in [0.5, 0.6) is 0 Å². The highest BCUT2D eigenvalue weighted by molar-refractivity contribution is 6.14. The molecule has 9 rings (SSSR count). The lowest BCUT2D eigenvalue weighted by molar-refractivity contribution is -0.152. The van der Waals surface area contributed by atoms with Crippen LogP contribution >= 0.6 is 0 Å². The molecule has 0 aromatic carbocycles. The minimum atomic E-state index is -0.952. The zero-order valence-corrected chi connectivity index (χ0v) is 34.1. The molecule has 0 bridgehead atoms. The van der Waals surface area contributed by atoms with Crippen molar-refractivity contribution in [3.63, 3.8) is 0 Å². The molecular weight excluding hydrogens is 728 g/mol. The number of carbonyl (C=O) groups excluding carboxylic acids is 5. The molecule has 6 fully saturated rings. The number of carbonyl (C=O) groups is 6. The Balaban J connectivity index is 0.923. The summed E-state index contributed by atoms with van der Waals surface area (Å²) < 4.78 is 17.7. The first kappa shape index (κ1) is 38.4. The fraction of sp³-hybridized carbons (Fsp3) is 0.652. The molecule has 0 saturated heterocycles. The van der Waals surface area contributed by atoms with Crippen LogP contribution < -0.4 is 0 Å². The fourth-order valence-electron chi connectivity index (χ4n) is 14.7. The van der Waals surface area contributed by atoms with Gasteiger partial charge in [0.1, 0.15) is 0 Å². The van der Waals surface area contributed by atoms with E-state index in [4.69, 9.17) is 14.2 Å². The number of rotatable bonds is 7. The van der Waals surface area contributed by atoms with E-state index in [-0.39, 0.29) is 71.1 Å². The van der Waals surface area contributed by atoms with Crippen LogP contribution in [0.25, 0.3) is 0 Å². The number of aliphatic hydroxyl groups is 1. The summed E-state index contributed by atoms with van der Waals surface area (Å²) in [5.74, 6) is -3.46. The Morgan fingerprint density at radius 2 is 1.12 bits per heavy atom.